The van der Waals surface area contributed by atoms with Crippen LogP contribution in [-0.4, -0.2) is 50.5 Å². The zero-order valence-electron chi connectivity index (χ0n) is 13.9. The molecule has 2 bridgehead atoms. The molecule has 10 heteroatoms. The van der Waals surface area contributed by atoms with E-state index < -0.39 is 49.8 Å². The Balaban J connectivity index is 1.63. The zero-order valence-corrected chi connectivity index (χ0v) is 13.9. The number of carbonyl (C=O) groups excluding carboxylic acids is 1. The summed E-state index contributed by atoms with van der Waals surface area (Å²) in [4.78, 5) is 12.1. The number of hydrogen-bond donors (Lipinski definition) is 0. The highest BCUT2D eigenvalue weighted by Gasteiger charge is 2.77. The molecule has 148 valence electrons. The molecule has 1 saturated carbocycles. The minimum atomic E-state index is -5.50. The number of alkyl halides is 5. The first-order valence-electron chi connectivity index (χ1n) is 8.20. The van der Waals surface area contributed by atoms with Crippen molar-refractivity contribution in [3.8, 4) is 0 Å². The predicted octanol–water partition coefficient (Wildman–Crippen LogP) is 3.05. The Kier molecular flexibility index (Phi) is 5.04. The first-order chi connectivity index (χ1) is 12.1. The summed E-state index contributed by atoms with van der Waals surface area (Å²) >= 11 is 0. The molecule has 5 atom stereocenters. The lowest BCUT2D eigenvalue weighted by molar-refractivity contribution is -0.432. The van der Waals surface area contributed by atoms with Gasteiger partial charge < -0.3 is 18.9 Å². The van der Waals surface area contributed by atoms with Crippen LogP contribution in [0.1, 0.15) is 19.3 Å². The Hall–Kier alpha value is -1.26. The van der Waals surface area contributed by atoms with Crippen molar-refractivity contribution >= 4 is 5.97 Å². The highest BCUT2D eigenvalue weighted by Crippen LogP contribution is 2.53. The second-order valence-corrected chi connectivity index (χ2v) is 6.83. The molecule has 1 heterocycles. The second kappa shape index (κ2) is 6.72. The molecule has 0 aromatic carbocycles. The summed E-state index contributed by atoms with van der Waals surface area (Å²) in [5, 5.41) is 0. The lowest BCUT2D eigenvalue weighted by Crippen LogP contribution is -2.58. The van der Waals surface area contributed by atoms with Crippen molar-refractivity contribution in [2.75, 3.05) is 20.5 Å². The van der Waals surface area contributed by atoms with Crippen molar-refractivity contribution in [1.82, 2.24) is 0 Å². The number of methoxy groups -OCH3 is 1. The van der Waals surface area contributed by atoms with Gasteiger partial charge in [-0.1, -0.05) is 12.2 Å². The van der Waals surface area contributed by atoms with Gasteiger partial charge in [-0.25, -0.2) is 8.78 Å². The second-order valence-electron chi connectivity index (χ2n) is 6.83. The van der Waals surface area contributed by atoms with Crippen molar-refractivity contribution in [3.63, 3.8) is 0 Å². The molecule has 1 aliphatic heterocycles. The summed E-state index contributed by atoms with van der Waals surface area (Å²) in [5.74, 6) is -9.12. The maximum atomic E-state index is 14.1. The number of esters is 1. The smallest absolute Gasteiger partial charge is 0.450 e. The van der Waals surface area contributed by atoms with Gasteiger partial charge in [0, 0.05) is 13.5 Å². The van der Waals surface area contributed by atoms with Crippen LogP contribution < -0.4 is 0 Å². The van der Waals surface area contributed by atoms with Gasteiger partial charge in [-0.15, -0.1) is 0 Å². The van der Waals surface area contributed by atoms with Gasteiger partial charge in [0.25, 0.3) is 0 Å². The molecule has 3 rings (SSSR count). The van der Waals surface area contributed by atoms with E-state index in [1.54, 1.807) is 0 Å². The van der Waals surface area contributed by atoms with Crippen LogP contribution in [0.3, 0.4) is 0 Å². The van der Waals surface area contributed by atoms with Crippen LogP contribution >= 0.6 is 0 Å². The van der Waals surface area contributed by atoms with E-state index in [0.717, 1.165) is 13.5 Å². The van der Waals surface area contributed by atoms with Crippen LogP contribution in [0.15, 0.2) is 12.2 Å². The average molecular weight is 386 g/mol. The van der Waals surface area contributed by atoms with E-state index in [0.29, 0.717) is 12.3 Å². The highest BCUT2D eigenvalue weighted by atomic mass is 19.4. The van der Waals surface area contributed by atoms with Crippen LogP contribution in [-0.2, 0) is 23.7 Å². The van der Waals surface area contributed by atoms with E-state index >= 15 is 0 Å². The topological polar surface area (TPSA) is 54.0 Å². The Labute approximate surface area is 146 Å². The number of carbonyl (C=O) groups is 1. The maximum Gasteiger partial charge on any atom is 0.450 e. The minimum Gasteiger partial charge on any atom is -0.463 e. The molecule has 2 fully saturated rings. The number of halogens is 5. The van der Waals surface area contributed by atoms with Gasteiger partial charge >= 0.3 is 23.9 Å². The van der Waals surface area contributed by atoms with Crippen LogP contribution in [0.5, 0.6) is 0 Å². The maximum absolute atomic E-state index is 14.1. The fourth-order valence-electron chi connectivity index (χ4n) is 3.85. The van der Waals surface area contributed by atoms with Crippen LogP contribution in [0.2, 0.25) is 0 Å². The molecule has 5 nitrogen and oxygen atoms in total. The SMILES string of the molecule is COCOC1(C(F)(F)F)OC(COC(=O)C2CC3C=CC2C3)CC1(F)F. The standard InChI is InChI=1S/C16H19F5O5/c1-23-8-25-15(16(19,20)21)14(17,18)6-11(26-15)7-24-13(22)12-5-9-2-3-10(12)4-9/h2-3,9-12H,4-8H2,1H3. The third-order valence-electron chi connectivity index (χ3n) is 5.04. The van der Waals surface area contributed by atoms with E-state index in [2.05, 4.69) is 14.2 Å². The fraction of sp³-hybridized carbons (Fsp3) is 0.812. The molecule has 0 aromatic heterocycles. The van der Waals surface area contributed by atoms with Gasteiger partial charge in [-0.3, -0.25) is 4.79 Å². The summed E-state index contributed by atoms with van der Waals surface area (Å²) in [5.41, 5.74) is 0. The zero-order chi connectivity index (χ0) is 19.2. The first kappa shape index (κ1) is 19.5. The molecule has 3 aliphatic rings. The number of ether oxygens (including phenoxy) is 4. The van der Waals surface area contributed by atoms with Crippen LogP contribution in [0.4, 0.5) is 22.0 Å². The molecule has 0 N–H and O–H groups in total. The molecular formula is C16H19F5O5. The van der Waals surface area contributed by atoms with Crippen molar-refractivity contribution in [2.24, 2.45) is 17.8 Å². The van der Waals surface area contributed by atoms with Crippen molar-refractivity contribution in [2.45, 2.75) is 43.3 Å². The molecule has 0 amide bonds. The lowest BCUT2D eigenvalue weighted by atomic mass is 9.94. The molecule has 5 unspecified atom stereocenters. The van der Waals surface area contributed by atoms with Crippen molar-refractivity contribution < 1.29 is 45.7 Å². The summed E-state index contributed by atoms with van der Waals surface area (Å²) in [7, 11) is 1.00. The van der Waals surface area contributed by atoms with E-state index in [4.69, 9.17) is 4.74 Å². The summed E-state index contributed by atoms with van der Waals surface area (Å²) < 4.78 is 86.0. The van der Waals surface area contributed by atoms with Crippen molar-refractivity contribution in [3.05, 3.63) is 12.2 Å². The Morgan fingerprint density at radius 2 is 2.00 bits per heavy atom. The normalized spacial score (nSPS) is 38.1. The van der Waals surface area contributed by atoms with E-state index in [1.807, 2.05) is 12.2 Å². The first-order valence-corrected chi connectivity index (χ1v) is 8.20. The third-order valence-corrected chi connectivity index (χ3v) is 5.04. The Morgan fingerprint density at radius 3 is 2.54 bits per heavy atom. The average Bonchev–Trinajstić information content (AvgIpc) is 3.23. The summed E-state index contributed by atoms with van der Waals surface area (Å²) in [6.07, 6.45) is -3.05. The molecule has 26 heavy (non-hydrogen) atoms. The molecular weight excluding hydrogens is 367 g/mol. The lowest BCUT2D eigenvalue weighted by Gasteiger charge is -2.34. The molecule has 2 aliphatic carbocycles. The molecule has 1 saturated heterocycles. The van der Waals surface area contributed by atoms with Gasteiger partial charge in [0.15, 0.2) is 0 Å². The summed E-state index contributed by atoms with van der Waals surface area (Å²) in [6.45, 7) is -1.72. The van der Waals surface area contributed by atoms with E-state index in [-0.39, 0.29) is 11.8 Å². The van der Waals surface area contributed by atoms with Gasteiger partial charge in [-0.2, -0.15) is 13.2 Å². The largest absolute Gasteiger partial charge is 0.463 e. The number of hydrogen-bond acceptors (Lipinski definition) is 5. The van der Waals surface area contributed by atoms with Gasteiger partial charge in [0.05, 0.1) is 5.92 Å². The Bertz CT molecular complexity index is 578. The van der Waals surface area contributed by atoms with Crippen LogP contribution in [0, 0.1) is 17.8 Å². The Morgan fingerprint density at radius 1 is 1.27 bits per heavy atom. The summed E-state index contributed by atoms with van der Waals surface area (Å²) in [6, 6.07) is 0. The number of allylic oxidation sites excluding steroid dienone is 2. The predicted molar refractivity (Wildman–Crippen MR) is 76.0 cm³/mol. The number of rotatable bonds is 6. The molecule has 0 spiro atoms. The van der Waals surface area contributed by atoms with Gasteiger partial charge in [-0.05, 0) is 24.7 Å². The van der Waals surface area contributed by atoms with Gasteiger partial charge in [0.1, 0.15) is 19.5 Å². The van der Waals surface area contributed by atoms with Crippen LogP contribution in [0.25, 0.3) is 0 Å². The highest BCUT2D eigenvalue weighted by molar-refractivity contribution is 5.74. The minimum absolute atomic E-state index is 0.0396. The molecule has 0 radical (unpaired) electrons. The molecule has 0 aromatic rings. The van der Waals surface area contributed by atoms with E-state index in [9.17, 15) is 26.7 Å². The monoisotopic (exact) mass is 386 g/mol. The van der Waals surface area contributed by atoms with E-state index in [1.165, 1.54) is 0 Å². The number of fused-ring (bicyclic) bond motifs is 2. The third kappa shape index (κ3) is 3.22. The van der Waals surface area contributed by atoms with Gasteiger partial charge in [0.2, 0.25) is 0 Å². The van der Waals surface area contributed by atoms with Crippen molar-refractivity contribution in [1.29, 1.82) is 0 Å². The fourth-order valence-corrected chi connectivity index (χ4v) is 3.85. The quantitative estimate of drug-likeness (QED) is 0.304.